The molecule has 0 radical (unpaired) electrons. The van der Waals surface area contributed by atoms with Gasteiger partial charge < -0.3 is 0 Å². The molecule has 7 heteroatoms. The first-order chi connectivity index (χ1) is 17.0. The number of halogens is 1. The summed E-state index contributed by atoms with van der Waals surface area (Å²) in [5.41, 5.74) is 4.54. The van der Waals surface area contributed by atoms with Gasteiger partial charge in [0.2, 0.25) is 11.8 Å². The molecule has 4 atom stereocenters. The zero-order chi connectivity index (χ0) is 24.3. The first-order valence-corrected chi connectivity index (χ1v) is 12.1. The summed E-state index contributed by atoms with van der Waals surface area (Å²) in [7, 11) is 0. The summed E-state index contributed by atoms with van der Waals surface area (Å²) in [5.74, 6) is -1.86. The topological polar surface area (TPSA) is 80.5 Å². The van der Waals surface area contributed by atoms with Crippen molar-refractivity contribution < 1.29 is 14.5 Å². The van der Waals surface area contributed by atoms with E-state index >= 15 is 0 Å². The van der Waals surface area contributed by atoms with Crippen molar-refractivity contribution in [1.29, 1.82) is 0 Å². The summed E-state index contributed by atoms with van der Waals surface area (Å²) in [4.78, 5) is 39.2. The van der Waals surface area contributed by atoms with E-state index in [4.69, 9.17) is 0 Å². The summed E-state index contributed by atoms with van der Waals surface area (Å²) in [6, 6.07) is 24.3. The fourth-order valence-corrected chi connectivity index (χ4v) is 6.38. The maximum absolute atomic E-state index is 13.7. The third-order valence-corrected chi connectivity index (χ3v) is 7.85. The van der Waals surface area contributed by atoms with E-state index in [1.165, 1.54) is 23.1 Å². The molecule has 1 saturated heterocycles. The van der Waals surface area contributed by atoms with Crippen molar-refractivity contribution in [2.45, 2.75) is 0 Å². The summed E-state index contributed by atoms with van der Waals surface area (Å²) >= 11 is 3.33. The van der Waals surface area contributed by atoms with Crippen molar-refractivity contribution in [1.82, 2.24) is 0 Å². The van der Waals surface area contributed by atoms with Gasteiger partial charge in [0.15, 0.2) is 0 Å². The lowest BCUT2D eigenvalue weighted by molar-refractivity contribution is -0.384. The van der Waals surface area contributed by atoms with Gasteiger partial charge in [-0.3, -0.25) is 19.7 Å². The molecular formula is C28H19BrN2O4. The maximum atomic E-state index is 13.7. The van der Waals surface area contributed by atoms with Crippen molar-refractivity contribution in [2.75, 3.05) is 4.90 Å². The number of amides is 2. The van der Waals surface area contributed by atoms with Crippen LogP contribution in [-0.2, 0) is 9.59 Å². The van der Waals surface area contributed by atoms with Crippen LogP contribution in [0, 0.1) is 33.8 Å². The number of anilines is 1. The quantitative estimate of drug-likeness (QED) is 0.187. The number of nitro benzene ring substituents is 1. The maximum Gasteiger partial charge on any atom is 0.270 e. The van der Waals surface area contributed by atoms with Crippen molar-refractivity contribution in [3.63, 3.8) is 0 Å². The molecule has 0 aromatic heterocycles. The highest BCUT2D eigenvalue weighted by atomic mass is 79.9. The van der Waals surface area contributed by atoms with Gasteiger partial charge in [0.05, 0.1) is 22.4 Å². The van der Waals surface area contributed by atoms with Crippen molar-refractivity contribution in [3.8, 4) is 0 Å². The lowest BCUT2D eigenvalue weighted by Crippen LogP contribution is -2.33. The Morgan fingerprint density at radius 3 is 1.77 bits per heavy atom. The molecule has 2 amide bonds. The minimum Gasteiger partial charge on any atom is -0.274 e. The molecule has 35 heavy (non-hydrogen) atoms. The molecular weight excluding hydrogens is 508 g/mol. The Bertz CT molecular complexity index is 1370. The van der Waals surface area contributed by atoms with E-state index < -0.39 is 16.8 Å². The number of benzene rings is 3. The molecule has 1 saturated carbocycles. The lowest BCUT2D eigenvalue weighted by atomic mass is 9.85. The van der Waals surface area contributed by atoms with Crippen LogP contribution in [0.3, 0.4) is 0 Å². The molecule has 0 unspecified atom stereocenters. The number of hydrogen-bond acceptors (Lipinski definition) is 4. The number of imide groups is 1. The molecule has 0 N–H and O–H groups in total. The van der Waals surface area contributed by atoms with Crippen LogP contribution in [0.5, 0.6) is 0 Å². The van der Waals surface area contributed by atoms with Gasteiger partial charge >= 0.3 is 0 Å². The Hall–Kier alpha value is -3.84. The van der Waals surface area contributed by atoms with E-state index in [1.807, 2.05) is 36.4 Å². The number of carbonyl (C=O) groups excluding carboxylic acids is 2. The highest BCUT2D eigenvalue weighted by Crippen LogP contribution is 2.59. The van der Waals surface area contributed by atoms with Crippen LogP contribution >= 0.6 is 15.9 Å². The molecule has 2 bridgehead atoms. The zero-order valence-electron chi connectivity index (χ0n) is 18.4. The normalized spacial score (nSPS) is 24.3. The third-order valence-electron chi connectivity index (χ3n) is 7.21. The van der Waals surface area contributed by atoms with Gasteiger partial charge in [0.25, 0.3) is 5.69 Å². The van der Waals surface area contributed by atoms with E-state index in [1.54, 1.807) is 0 Å². The second-order valence-corrected chi connectivity index (χ2v) is 9.81. The van der Waals surface area contributed by atoms with Gasteiger partial charge in [-0.05, 0) is 44.3 Å². The highest BCUT2D eigenvalue weighted by molar-refractivity contribution is 9.10. The number of nitro groups is 1. The summed E-state index contributed by atoms with van der Waals surface area (Å²) in [6.45, 7) is 0. The molecule has 3 aromatic carbocycles. The minimum absolute atomic E-state index is 0.109. The number of carbonyl (C=O) groups is 2. The van der Waals surface area contributed by atoms with Gasteiger partial charge in [-0.2, -0.15) is 0 Å². The first-order valence-electron chi connectivity index (χ1n) is 11.3. The second kappa shape index (κ2) is 8.13. The predicted octanol–water partition coefficient (Wildman–Crippen LogP) is 5.78. The summed E-state index contributed by atoms with van der Waals surface area (Å²) < 4.78 is 0.346. The minimum atomic E-state index is -0.507. The Morgan fingerprint density at radius 2 is 1.31 bits per heavy atom. The van der Waals surface area contributed by atoms with Crippen molar-refractivity contribution in [2.24, 2.45) is 23.7 Å². The Balaban J connectivity index is 1.46. The Labute approximate surface area is 209 Å². The van der Waals surface area contributed by atoms with Crippen LogP contribution in [0.4, 0.5) is 11.4 Å². The number of allylic oxidation sites excluding steroid dienone is 3. The molecule has 6 nitrogen and oxygen atoms in total. The third kappa shape index (κ3) is 3.22. The fourth-order valence-electron chi connectivity index (χ4n) is 5.83. The average Bonchev–Trinajstić information content (AvgIpc) is 3.50. The number of non-ortho nitro benzene ring substituents is 1. The van der Waals surface area contributed by atoms with E-state index in [9.17, 15) is 19.7 Å². The number of rotatable bonds is 4. The molecule has 0 spiro atoms. The second-order valence-electron chi connectivity index (χ2n) is 8.96. The number of hydrogen-bond donors (Lipinski definition) is 0. The largest absolute Gasteiger partial charge is 0.274 e. The number of fused-ring (bicyclic) bond motifs is 5. The molecule has 1 heterocycles. The van der Waals surface area contributed by atoms with Crippen LogP contribution in [0.1, 0.15) is 11.1 Å². The summed E-state index contributed by atoms with van der Waals surface area (Å²) in [5, 5.41) is 11.1. The first kappa shape index (κ1) is 21.7. The zero-order valence-corrected chi connectivity index (χ0v) is 20.0. The molecule has 172 valence electrons. The van der Waals surface area contributed by atoms with E-state index in [0.29, 0.717) is 10.2 Å². The summed E-state index contributed by atoms with van der Waals surface area (Å²) in [6.07, 6.45) is 4.12. The Morgan fingerprint density at radius 1 is 0.800 bits per heavy atom. The molecule has 1 aliphatic heterocycles. The molecule has 6 rings (SSSR count). The van der Waals surface area contributed by atoms with Gasteiger partial charge in [-0.15, -0.1) is 0 Å². The van der Waals surface area contributed by atoms with Gasteiger partial charge in [0.1, 0.15) is 0 Å². The molecule has 3 aliphatic rings. The Kier molecular flexibility index (Phi) is 5.04. The fraction of sp³-hybridized carbons (Fsp3) is 0.143. The SMILES string of the molecule is O=C1[C@@H]2[C@H](C(=O)N1c1ccc([N+](=O)[O-])cc1Br)[C@@H]1C=C[C@H]2C1=C(c1ccccc1)c1ccccc1. The highest BCUT2D eigenvalue weighted by Gasteiger charge is 2.62. The van der Waals surface area contributed by atoms with Crippen LogP contribution < -0.4 is 4.90 Å². The van der Waals surface area contributed by atoms with Gasteiger partial charge in [0, 0.05) is 28.4 Å². The van der Waals surface area contributed by atoms with Crippen molar-refractivity contribution in [3.05, 3.63) is 122 Å². The molecule has 3 aromatic rings. The molecule has 2 aliphatic carbocycles. The number of nitrogens with zero attached hydrogens (tertiary/aromatic N) is 2. The van der Waals surface area contributed by atoms with Crippen molar-refractivity contribution >= 4 is 44.7 Å². The average molecular weight is 527 g/mol. The monoisotopic (exact) mass is 526 g/mol. The van der Waals surface area contributed by atoms with E-state index in [2.05, 4.69) is 52.3 Å². The van der Waals surface area contributed by atoms with Crippen LogP contribution in [-0.4, -0.2) is 16.7 Å². The molecule has 2 fully saturated rings. The predicted molar refractivity (Wildman–Crippen MR) is 135 cm³/mol. The van der Waals surface area contributed by atoms with Gasteiger partial charge in [-0.1, -0.05) is 72.8 Å². The van der Waals surface area contributed by atoms with Gasteiger partial charge in [-0.25, -0.2) is 4.90 Å². The van der Waals surface area contributed by atoms with E-state index in [-0.39, 0.29) is 29.3 Å². The van der Waals surface area contributed by atoms with Crippen LogP contribution in [0.2, 0.25) is 0 Å². The van der Waals surface area contributed by atoms with Crippen LogP contribution in [0.25, 0.3) is 5.57 Å². The van der Waals surface area contributed by atoms with Crippen LogP contribution in [0.15, 0.2) is 101 Å². The van der Waals surface area contributed by atoms with E-state index in [0.717, 1.165) is 22.3 Å². The smallest absolute Gasteiger partial charge is 0.270 e. The standard InChI is InChI=1S/C28H19BrN2O4/c29-21-15-18(31(34)35)11-14-22(21)30-27(32)25-19-12-13-20(26(25)28(30)33)24(19)23(16-7-3-1-4-8-16)17-9-5-2-6-10-17/h1-15,19-20,25-26H/t19-,20+,25-,26+. The lowest BCUT2D eigenvalue weighted by Gasteiger charge is -2.22.